The van der Waals surface area contributed by atoms with Crippen molar-refractivity contribution < 1.29 is 122 Å². The van der Waals surface area contributed by atoms with Crippen LogP contribution in [0, 0.1) is 5.92 Å². The molecular weight excluding hydrogens is 1560 g/mol. The first-order chi connectivity index (χ1) is 58.1. The van der Waals surface area contributed by atoms with Gasteiger partial charge in [-0.1, -0.05) is 309 Å². The van der Waals surface area contributed by atoms with E-state index in [2.05, 4.69) is 71.1 Å². The normalized spacial score (nSPS) is 25.1. The van der Waals surface area contributed by atoms with Crippen molar-refractivity contribution in [3.8, 4) is 0 Å². The van der Waals surface area contributed by atoms with E-state index in [4.69, 9.17) is 46.9 Å². The van der Waals surface area contributed by atoms with Crippen molar-refractivity contribution in [3.05, 3.63) is 36.5 Å². The number of esters is 4. The van der Waals surface area contributed by atoms with E-state index in [0.717, 1.165) is 173 Å². The summed E-state index contributed by atoms with van der Waals surface area (Å²) in [6.45, 7) is 7.88. The quantitative estimate of drug-likeness (QED) is 0.00889. The fourth-order valence-corrected chi connectivity index (χ4v) is 16.7. The van der Waals surface area contributed by atoms with Gasteiger partial charge in [0.25, 0.3) is 0 Å². The Morgan fingerprint density at radius 3 is 1.08 bits per heavy atom. The molecule has 10 N–H and O–H groups in total. The van der Waals surface area contributed by atoms with Gasteiger partial charge in [0.1, 0.15) is 92.6 Å². The zero-order chi connectivity index (χ0) is 87.6. The second-order valence-electron chi connectivity index (χ2n) is 34.5. The summed E-state index contributed by atoms with van der Waals surface area (Å²) in [5, 5.41) is 102. The molecule has 0 amide bonds. The number of aliphatic hydroxyl groups is 9. The number of aliphatic hydroxyl groups excluding tert-OH is 9. The van der Waals surface area contributed by atoms with Gasteiger partial charge in [-0.15, -0.1) is 0 Å². The largest absolute Gasteiger partial charge is 0.472 e. The summed E-state index contributed by atoms with van der Waals surface area (Å²) in [5.41, 5.74) is 0. The van der Waals surface area contributed by atoms with Gasteiger partial charge in [0, 0.05) is 25.7 Å². The zero-order valence-corrected chi connectivity index (χ0v) is 75.9. The molecule has 702 valence electrons. The fraction of sp³-hybridized carbons (Fsp3) is 0.894. The maximum atomic E-state index is 14.9. The number of hydrogen-bond donors (Lipinski definition) is 10. The second kappa shape index (κ2) is 71.7. The van der Waals surface area contributed by atoms with Crippen LogP contribution in [0.3, 0.4) is 0 Å². The van der Waals surface area contributed by atoms with Gasteiger partial charge in [0.05, 0.1) is 13.2 Å². The maximum Gasteiger partial charge on any atom is 0.472 e. The van der Waals surface area contributed by atoms with Crippen LogP contribution in [0.1, 0.15) is 401 Å². The molecule has 0 spiro atoms. The number of phosphoric ester groups is 1. The minimum absolute atomic E-state index is 0.0129. The second-order valence-corrected chi connectivity index (χ2v) is 35.9. The summed E-state index contributed by atoms with van der Waals surface area (Å²) in [6.07, 6.45) is 32.6. The minimum atomic E-state index is -5.82. The molecule has 19 unspecified atom stereocenters. The fourth-order valence-electron chi connectivity index (χ4n) is 15.7. The van der Waals surface area contributed by atoms with Gasteiger partial charge in [-0.2, -0.15) is 0 Å². The van der Waals surface area contributed by atoms with Crippen LogP contribution in [0.2, 0.25) is 0 Å². The Balaban J connectivity index is 1.92. The highest BCUT2D eigenvalue weighted by molar-refractivity contribution is 7.47. The predicted molar refractivity (Wildman–Crippen MR) is 467 cm³/mol. The van der Waals surface area contributed by atoms with E-state index >= 15 is 0 Å². The molecule has 2 saturated heterocycles. The van der Waals surface area contributed by atoms with E-state index in [0.29, 0.717) is 44.4 Å². The lowest BCUT2D eigenvalue weighted by Crippen LogP contribution is -2.70. The molecule has 2 heterocycles. The van der Waals surface area contributed by atoms with Crippen LogP contribution in [0.5, 0.6) is 0 Å². The van der Waals surface area contributed by atoms with Gasteiger partial charge < -0.3 is 88.7 Å². The Morgan fingerprint density at radius 1 is 0.350 bits per heavy atom. The van der Waals surface area contributed by atoms with E-state index in [1.54, 1.807) is 0 Å². The average Bonchev–Trinajstić information content (AvgIpc) is 0.753. The lowest BCUT2D eigenvalue weighted by molar-refractivity contribution is -0.360. The van der Waals surface area contributed by atoms with E-state index < -0.39 is 162 Å². The third-order valence-electron chi connectivity index (χ3n) is 23.5. The average molecular weight is 1730 g/mol. The molecule has 3 fully saturated rings. The Labute approximate surface area is 723 Å². The number of carbonyl (C=O) groups is 4. The van der Waals surface area contributed by atoms with Gasteiger partial charge in [-0.25, -0.2) is 4.57 Å². The molecule has 1 aliphatic carbocycles. The van der Waals surface area contributed by atoms with E-state index in [-0.39, 0.29) is 25.7 Å². The van der Waals surface area contributed by atoms with E-state index in [1.165, 1.54) is 128 Å². The van der Waals surface area contributed by atoms with Crippen LogP contribution in [-0.4, -0.2) is 205 Å². The van der Waals surface area contributed by atoms with Crippen LogP contribution in [0.15, 0.2) is 36.5 Å². The molecule has 120 heavy (non-hydrogen) atoms. The van der Waals surface area contributed by atoms with Crippen molar-refractivity contribution in [1.29, 1.82) is 0 Å². The molecule has 1 saturated carbocycles. The van der Waals surface area contributed by atoms with Crippen molar-refractivity contribution in [1.82, 2.24) is 0 Å². The summed E-state index contributed by atoms with van der Waals surface area (Å²) >= 11 is 0. The number of phosphoric acid groups is 1. The van der Waals surface area contributed by atoms with Gasteiger partial charge in [-0.05, 0) is 109 Å². The smallest absolute Gasteiger partial charge is 0.463 e. The topological polar surface area (TPSA) is 380 Å². The molecule has 3 rings (SSSR count). The number of unbranched alkanes of at least 4 members (excludes halogenated alkanes) is 43. The molecule has 25 nitrogen and oxygen atoms in total. The lowest BCUT2D eigenvalue weighted by Gasteiger charge is -2.50. The molecule has 19 atom stereocenters. The van der Waals surface area contributed by atoms with Crippen LogP contribution < -0.4 is 0 Å². The Kier molecular flexibility index (Phi) is 66.2. The molecule has 0 aromatic rings. The first kappa shape index (κ1) is 111. The molecular formula is C94H171O25P. The van der Waals surface area contributed by atoms with Crippen molar-refractivity contribution in [2.24, 2.45) is 5.92 Å². The van der Waals surface area contributed by atoms with Crippen molar-refractivity contribution in [2.45, 2.75) is 505 Å². The third-order valence-corrected chi connectivity index (χ3v) is 24.5. The summed E-state index contributed by atoms with van der Waals surface area (Å²) < 4.78 is 73.5. The van der Waals surface area contributed by atoms with Gasteiger partial charge in [0.2, 0.25) is 0 Å². The maximum absolute atomic E-state index is 14.9. The van der Waals surface area contributed by atoms with E-state index in [1.807, 2.05) is 0 Å². The monoisotopic (exact) mass is 1730 g/mol. The molecule has 0 bridgehead atoms. The molecule has 2 aliphatic heterocycles. The van der Waals surface area contributed by atoms with E-state index in [9.17, 15) is 74.6 Å². The van der Waals surface area contributed by atoms with Crippen LogP contribution >= 0.6 is 7.82 Å². The molecule has 0 aromatic heterocycles. The van der Waals surface area contributed by atoms with Crippen molar-refractivity contribution in [2.75, 3.05) is 26.4 Å². The number of rotatable bonds is 77. The Hall–Kier alpha value is -3.31. The summed E-state index contributed by atoms with van der Waals surface area (Å²) in [7, 11) is -5.82. The zero-order valence-electron chi connectivity index (χ0n) is 75.0. The van der Waals surface area contributed by atoms with Crippen molar-refractivity contribution in [3.63, 3.8) is 0 Å². The van der Waals surface area contributed by atoms with Gasteiger partial charge in [0.15, 0.2) is 24.8 Å². The summed E-state index contributed by atoms with van der Waals surface area (Å²) in [5.74, 6) is -2.30. The van der Waals surface area contributed by atoms with Crippen LogP contribution in [-0.2, 0) is 70.7 Å². The number of carbonyl (C=O) groups excluding carboxylic acids is 4. The first-order valence-corrected chi connectivity index (χ1v) is 49.6. The SMILES string of the molecule is CCCCCC/C=C\CCCCCCCCCC(=O)OCC(COP(=O)(O)OC1C(OC2OC(CO)C(O)C(O)C2O)C(O)C(O)C(OC(=O)CCCCCCCCC/C=C\CCCCCC)C1OC1OC(COC(=O)CCCCCCCCC(C)CCCCCCCC)C(O)C(O)C1O)OC(=O)CCCCCCCCC/C=C\CCCCCC. The summed E-state index contributed by atoms with van der Waals surface area (Å²) in [6, 6.07) is 0. The highest BCUT2D eigenvalue weighted by atomic mass is 31.2. The molecule has 3 aliphatic rings. The van der Waals surface area contributed by atoms with Gasteiger partial charge >= 0.3 is 31.7 Å². The number of ether oxygens (including phenoxy) is 8. The predicted octanol–water partition coefficient (Wildman–Crippen LogP) is 18.1. The number of hydrogen-bond acceptors (Lipinski definition) is 24. The molecule has 0 radical (unpaired) electrons. The highest BCUT2D eigenvalue weighted by Crippen LogP contribution is 2.49. The number of allylic oxidation sites excluding steroid dienone is 6. The first-order valence-electron chi connectivity index (χ1n) is 48.1. The highest BCUT2D eigenvalue weighted by Gasteiger charge is 2.60. The van der Waals surface area contributed by atoms with Crippen molar-refractivity contribution >= 4 is 31.7 Å². The molecule has 26 heteroatoms. The van der Waals surface area contributed by atoms with Crippen LogP contribution in [0.4, 0.5) is 0 Å². The minimum Gasteiger partial charge on any atom is -0.463 e. The van der Waals surface area contributed by atoms with Crippen LogP contribution in [0.25, 0.3) is 0 Å². The Bertz CT molecular complexity index is 2650. The summed E-state index contributed by atoms with van der Waals surface area (Å²) in [4.78, 5) is 66.6. The lowest BCUT2D eigenvalue weighted by atomic mass is 9.84. The Morgan fingerprint density at radius 2 is 0.675 bits per heavy atom. The standard InChI is InChI=1S/C94H171O25P/c1-6-10-14-18-22-25-28-31-34-37-40-43-46-53-59-65-77(96)110-70-74(113-79(98)67-61-55-47-44-41-38-35-32-29-26-23-19-15-11-7-2)71-112-120(108,109)119-92-90(117-93-87(106)83(102)81(100)75(69-95)114-93)86(105)85(104)89(116-80(99)68-62-56-48-45-42-39-36-33-30-27-24-20-16-12-8-3)91(92)118-94-88(107)84(103)82(101)76(115-94)72-111-78(97)66-60-54-50-49-52-58-64-73(5)63-57-51-21-17-13-9-4/h25-30,73-76,81-95,100-107H,6-24,31-72H2,1-5H3,(H,108,109)/b28-25-,29-26-,30-27-. The van der Waals surface area contributed by atoms with Gasteiger partial charge in [-0.3, -0.25) is 28.2 Å². The molecule has 0 aromatic carbocycles. The third kappa shape index (κ3) is 51.5.